The number of halogens is 1. The van der Waals surface area contributed by atoms with E-state index in [0.717, 1.165) is 150 Å². The van der Waals surface area contributed by atoms with Gasteiger partial charge in [0.15, 0.2) is 0 Å². The van der Waals surface area contributed by atoms with Gasteiger partial charge in [0.05, 0.1) is 22.6 Å². The Labute approximate surface area is 544 Å². The highest BCUT2D eigenvalue weighted by molar-refractivity contribution is 7.19. The molecule has 6 heterocycles. The number of aryl methyl sites for hydroxylation is 3. The van der Waals surface area contributed by atoms with E-state index in [1.54, 1.807) is 70.6 Å². The SMILES string of the molecule is CCC1CCC(Oc2ncnc3sc4c(c23)[C@@H](CC(N)=O)CC4)CC1.CN(C(=O)OC(C)(C)C)C1CCC(Oc2ncnc3sc4c(c23)[C@@H](CC(=O)O)CC4)CC1.CN(C(=O)OC(C)(C)C)C1CCC(Oc2ncnc3sc4c(c23)[C@@H](CC(N)=O)CC4)CC1.Cl. The molecule has 0 radical (unpaired) electrons. The van der Waals surface area contributed by atoms with Gasteiger partial charge >= 0.3 is 18.2 Å². The second-order valence-corrected chi connectivity index (χ2v) is 30.2. The summed E-state index contributed by atoms with van der Waals surface area (Å²) in [7, 11) is 3.60. The summed E-state index contributed by atoms with van der Waals surface area (Å²) >= 11 is 5.00. The van der Waals surface area contributed by atoms with Gasteiger partial charge < -0.3 is 50.1 Å². The average molecular weight is 1320 g/mol. The maximum atomic E-state index is 12.4. The third kappa shape index (κ3) is 16.3. The number of nitrogens with zero attached hydrogens (tertiary/aromatic N) is 8. The van der Waals surface area contributed by atoms with Gasteiger partial charge in [-0.15, -0.1) is 46.4 Å². The van der Waals surface area contributed by atoms with Crippen molar-refractivity contribution in [2.45, 2.75) is 249 Å². The molecule has 90 heavy (non-hydrogen) atoms. The number of carbonyl (C=O) groups excluding carboxylic acids is 4. The molecule has 5 N–H and O–H groups in total. The molecule has 6 aliphatic rings. The molecule has 25 heteroatoms. The van der Waals surface area contributed by atoms with Crippen molar-refractivity contribution in [2.24, 2.45) is 17.4 Å². The molecule has 12 rings (SSSR count). The summed E-state index contributed by atoms with van der Waals surface area (Å²) in [6.45, 7) is 13.5. The monoisotopic (exact) mass is 1320 g/mol. The molecule has 0 bridgehead atoms. The van der Waals surface area contributed by atoms with Crippen molar-refractivity contribution < 1.29 is 52.8 Å². The minimum atomic E-state index is -0.783. The summed E-state index contributed by atoms with van der Waals surface area (Å²) in [4.78, 5) is 95.7. The Morgan fingerprint density at radius 1 is 0.500 bits per heavy atom. The van der Waals surface area contributed by atoms with Gasteiger partial charge in [-0.05, 0) is 197 Å². The predicted molar refractivity (Wildman–Crippen MR) is 351 cm³/mol. The van der Waals surface area contributed by atoms with Crippen LogP contribution in [0.1, 0.15) is 220 Å². The van der Waals surface area contributed by atoms with Crippen molar-refractivity contribution in [3.05, 3.63) is 50.3 Å². The summed E-state index contributed by atoms with van der Waals surface area (Å²) in [5.41, 5.74) is 13.4. The number of aromatic nitrogens is 6. The Balaban J connectivity index is 0.000000160. The lowest BCUT2D eigenvalue weighted by molar-refractivity contribution is -0.137. The summed E-state index contributed by atoms with van der Waals surface area (Å²) in [6.07, 6.45) is 23.4. The van der Waals surface area contributed by atoms with Crippen molar-refractivity contribution >= 4 is 107 Å². The fraction of sp³-hybridized carbons (Fsp3) is 0.646. The van der Waals surface area contributed by atoms with E-state index in [-0.39, 0.29) is 91.0 Å². The molecule has 6 aromatic rings. The Bertz CT molecular complexity index is 3360. The molecule has 4 amide bonds. The number of aliphatic carboxylic acids is 1. The Hall–Kier alpha value is -6.24. The number of hydrogen-bond acceptors (Lipinski definition) is 19. The number of primary amides is 2. The number of ether oxygens (including phenoxy) is 5. The van der Waals surface area contributed by atoms with Crippen molar-refractivity contribution in [3.63, 3.8) is 0 Å². The van der Waals surface area contributed by atoms with Crippen LogP contribution in [0, 0.1) is 5.92 Å². The van der Waals surface area contributed by atoms with Gasteiger partial charge in [0, 0.05) is 53.7 Å². The van der Waals surface area contributed by atoms with Gasteiger partial charge in [0.25, 0.3) is 0 Å². The lowest BCUT2D eigenvalue weighted by Crippen LogP contribution is -2.43. The molecule has 0 saturated heterocycles. The van der Waals surface area contributed by atoms with E-state index in [1.807, 2.05) is 41.5 Å². The standard InChI is InChI=1S/C23H32N4O4S.C23H31N3O5S.C19H25N3O2S.ClH/c1-23(2,3)31-22(29)27(4)14-6-8-15(9-7-14)30-20-19-18-13(11-17(24)28)5-10-16(18)32-21(19)26-12-25-20;1-23(2,3)31-22(29)26(4)14-6-8-15(9-7-14)30-20-19-18-13(11-17(27)28)5-10-16(18)32-21(19)25-12-24-20;1-2-11-3-6-13(7-4-11)24-18-17-16-12(9-15(20)23)5-8-14(16)25-19(17)22-10-21-18;/h12-15H,5-11H2,1-4H3,(H2,24,28);12-15H,5-11H2,1-4H3,(H,27,28);10-13H,2-9H2,1H3,(H2,20,23);1H/t2*13-,14?,15?;11?,12-,13?;/m111./s1. The van der Waals surface area contributed by atoms with Gasteiger partial charge in [0.1, 0.15) is 63.0 Å². The highest BCUT2D eigenvalue weighted by Crippen LogP contribution is 2.50. The quantitative estimate of drug-likeness (QED) is 0.0861. The summed E-state index contributed by atoms with van der Waals surface area (Å²) in [5.74, 6) is 1.70. The molecule has 0 aromatic carbocycles. The zero-order valence-electron chi connectivity index (χ0n) is 53.4. The Kier molecular flexibility index (Phi) is 22.1. The van der Waals surface area contributed by atoms with Crippen molar-refractivity contribution in [3.8, 4) is 17.6 Å². The number of thiophene rings is 3. The van der Waals surface area contributed by atoms with E-state index in [0.29, 0.717) is 30.5 Å². The van der Waals surface area contributed by atoms with E-state index in [1.165, 1.54) is 45.8 Å². The Morgan fingerprint density at radius 3 is 1.10 bits per heavy atom. The first kappa shape index (κ1) is 68.1. The zero-order chi connectivity index (χ0) is 63.5. The molecule has 6 aliphatic carbocycles. The maximum absolute atomic E-state index is 12.4. The number of fused-ring (bicyclic) bond motifs is 9. The van der Waals surface area contributed by atoms with E-state index >= 15 is 0 Å². The number of carboxylic acids is 1. The second kappa shape index (κ2) is 29.2. The fourth-order valence-corrected chi connectivity index (χ4v) is 17.6. The maximum Gasteiger partial charge on any atom is 0.410 e. The topological polar surface area (TPSA) is 288 Å². The Morgan fingerprint density at radius 2 is 0.811 bits per heavy atom. The van der Waals surface area contributed by atoms with Gasteiger partial charge in [-0.2, -0.15) is 0 Å². The zero-order valence-corrected chi connectivity index (χ0v) is 56.6. The molecule has 6 aromatic heterocycles. The molecule has 21 nitrogen and oxygen atoms in total. The summed E-state index contributed by atoms with van der Waals surface area (Å²) in [5, 5.41) is 12.2. The van der Waals surface area contributed by atoms with Crippen LogP contribution in [0.4, 0.5) is 9.59 Å². The molecule has 3 atom stereocenters. The lowest BCUT2D eigenvalue weighted by atomic mass is 9.86. The predicted octanol–water partition coefficient (Wildman–Crippen LogP) is 13.3. The average Bonchev–Trinajstić information content (AvgIpc) is 1.64. The van der Waals surface area contributed by atoms with Crippen molar-refractivity contribution in [1.29, 1.82) is 0 Å². The van der Waals surface area contributed by atoms with E-state index in [2.05, 4.69) is 36.8 Å². The van der Waals surface area contributed by atoms with Crippen LogP contribution < -0.4 is 25.7 Å². The third-order valence-electron chi connectivity index (χ3n) is 18.4. The van der Waals surface area contributed by atoms with Crippen LogP contribution in [0.15, 0.2) is 19.0 Å². The summed E-state index contributed by atoms with van der Waals surface area (Å²) in [6, 6.07) is 0.265. The van der Waals surface area contributed by atoms with Crippen molar-refractivity contribution in [1.82, 2.24) is 39.7 Å². The number of hydrogen-bond donors (Lipinski definition) is 3. The van der Waals surface area contributed by atoms with Gasteiger partial charge in [-0.1, -0.05) is 13.3 Å². The first-order chi connectivity index (χ1) is 42.4. The molecule has 0 aliphatic heterocycles. The van der Waals surface area contributed by atoms with Crippen LogP contribution in [-0.2, 0) is 43.1 Å². The van der Waals surface area contributed by atoms with Crippen molar-refractivity contribution in [2.75, 3.05) is 14.1 Å². The minimum absolute atomic E-state index is 0. The lowest BCUT2D eigenvalue weighted by Gasteiger charge is -2.35. The van der Waals surface area contributed by atoms with Crippen LogP contribution in [0.25, 0.3) is 30.6 Å². The van der Waals surface area contributed by atoms with E-state index in [9.17, 15) is 29.1 Å². The highest BCUT2D eigenvalue weighted by Gasteiger charge is 2.38. The molecule has 0 unspecified atom stereocenters. The number of carbonyl (C=O) groups is 5. The van der Waals surface area contributed by atoms with Gasteiger partial charge in [-0.25, -0.2) is 39.5 Å². The molecule has 0 spiro atoms. The highest BCUT2D eigenvalue weighted by atomic mass is 35.5. The third-order valence-corrected chi connectivity index (χ3v) is 21.9. The van der Waals surface area contributed by atoms with Crippen LogP contribution in [0.5, 0.6) is 17.6 Å². The number of rotatable bonds is 15. The number of nitrogens with two attached hydrogens (primary N) is 2. The van der Waals surface area contributed by atoms with Gasteiger partial charge in [0.2, 0.25) is 29.5 Å². The van der Waals surface area contributed by atoms with Crippen LogP contribution in [-0.4, -0.2) is 130 Å². The molecule has 490 valence electrons. The number of carboxylic acid groups (broad SMARTS) is 1. The first-order valence-corrected chi connectivity index (χ1v) is 34.3. The van der Waals surface area contributed by atoms with Crippen LogP contribution in [0.3, 0.4) is 0 Å². The smallest absolute Gasteiger partial charge is 0.410 e. The molecule has 3 saturated carbocycles. The fourth-order valence-electron chi connectivity index (χ4n) is 13.9. The first-order valence-electron chi connectivity index (χ1n) is 31.9. The largest absolute Gasteiger partial charge is 0.481 e. The molecule has 3 fully saturated rings. The van der Waals surface area contributed by atoms with Crippen LogP contribution in [0.2, 0.25) is 0 Å². The molecular formula is C65H89ClN10O11S3. The number of amides is 4. The van der Waals surface area contributed by atoms with E-state index < -0.39 is 17.2 Å². The van der Waals surface area contributed by atoms with Gasteiger partial charge in [-0.3, -0.25) is 14.4 Å². The summed E-state index contributed by atoms with van der Waals surface area (Å²) < 4.78 is 30.1. The molecular weight excluding hydrogens is 1230 g/mol. The normalized spacial score (nSPS) is 23.6. The minimum Gasteiger partial charge on any atom is -0.481 e. The van der Waals surface area contributed by atoms with Crippen LogP contribution >= 0.6 is 46.4 Å². The van der Waals surface area contributed by atoms with E-state index in [4.69, 9.17) is 35.2 Å². The second-order valence-electron chi connectivity index (χ2n) is 27.0.